The van der Waals surface area contributed by atoms with Crippen LogP contribution in [0.3, 0.4) is 0 Å². The van der Waals surface area contributed by atoms with Gasteiger partial charge in [0.1, 0.15) is 13.2 Å². The molecule has 0 rings (SSSR count). The van der Waals surface area contributed by atoms with Crippen molar-refractivity contribution >= 4 is 17.9 Å². The molecule has 0 fully saturated rings. The number of carbonyl (C=O) groups is 3. The molecule has 0 saturated heterocycles. The third-order valence-electron chi connectivity index (χ3n) is 11.8. The average Bonchev–Trinajstić information content (AvgIpc) is 3.34. The molecule has 0 spiro atoms. The van der Waals surface area contributed by atoms with E-state index in [0.29, 0.717) is 19.3 Å². The third-order valence-corrected chi connectivity index (χ3v) is 11.8. The van der Waals surface area contributed by atoms with Gasteiger partial charge in [-0.1, -0.05) is 221 Å². The van der Waals surface area contributed by atoms with Crippen molar-refractivity contribution in [1.29, 1.82) is 0 Å². The quantitative estimate of drug-likeness (QED) is 0.0262. The van der Waals surface area contributed by atoms with Crippen molar-refractivity contribution < 1.29 is 28.6 Å². The molecule has 0 aromatic carbocycles. The van der Waals surface area contributed by atoms with E-state index in [1.165, 1.54) is 89.9 Å². The van der Waals surface area contributed by atoms with Gasteiger partial charge in [0.05, 0.1) is 0 Å². The Morgan fingerprint density at radius 3 is 0.985 bits per heavy atom. The van der Waals surface area contributed by atoms with Gasteiger partial charge in [0.25, 0.3) is 0 Å². The molecule has 68 heavy (non-hydrogen) atoms. The van der Waals surface area contributed by atoms with E-state index >= 15 is 0 Å². The Morgan fingerprint density at radius 1 is 0.309 bits per heavy atom. The molecular formula is C62H104O6. The molecule has 0 aliphatic carbocycles. The lowest BCUT2D eigenvalue weighted by Crippen LogP contribution is -2.30. The van der Waals surface area contributed by atoms with Gasteiger partial charge in [-0.25, -0.2) is 0 Å². The highest BCUT2D eigenvalue weighted by Crippen LogP contribution is 2.14. The second-order valence-corrected chi connectivity index (χ2v) is 18.5. The smallest absolute Gasteiger partial charge is 0.306 e. The predicted molar refractivity (Wildman–Crippen MR) is 293 cm³/mol. The minimum absolute atomic E-state index is 0.0978. The van der Waals surface area contributed by atoms with E-state index in [1.807, 2.05) is 0 Å². The normalized spacial score (nSPS) is 12.8. The van der Waals surface area contributed by atoms with Crippen LogP contribution >= 0.6 is 0 Å². The van der Waals surface area contributed by atoms with Crippen LogP contribution in [-0.2, 0) is 28.6 Å². The average molecular weight is 946 g/mol. The highest BCUT2D eigenvalue weighted by atomic mass is 16.6. The predicted octanol–water partition coefficient (Wildman–Crippen LogP) is 18.9. The van der Waals surface area contributed by atoms with E-state index in [2.05, 4.69) is 118 Å². The van der Waals surface area contributed by atoms with Crippen LogP contribution in [0.5, 0.6) is 0 Å². The van der Waals surface area contributed by atoms with Crippen molar-refractivity contribution in [2.75, 3.05) is 13.2 Å². The van der Waals surface area contributed by atoms with Crippen LogP contribution in [-0.4, -0.2) is 37.2 Å². The summed E-state index contributed by atoms with van der Waals surface area (Å²) in [6.45, 7) is 6.42. The molecule has 388 valence electrons. The fourth-order valence-electron chi connectivity index (χ4n) is 7.56. The molecule has 0 amide bonds. The Morgan fingerprint density at radius 2 is 0.603 bits per heavy atom. The number of carbonyl (C=O) groups excluding carboxylic acids is 3. The number of esters is 3. The number of allylic oxidation sites excluding steroid dienone is 16. The van der Waals surface area contributed by atoms with Gasteiger partial charge in [-0.05, 0) is 116 Å². The molecule has 0 aliphatic rings. The van der Waals surface area contributed by atoms with Gasteiger partial charge in [0.15, 0.2) is 6.10 Å². The van der Waals surface area contributed by atoms with Gasteiger partial charge in [0.2, 0.25) is 0 Å². The fraction of sp³-hybridized carbons (Fsp3) is 0.694. The van der Waals surface area contributed by atoms with Crippen LogP contribution in [0.1, 0.15) is 258 Å². The van der Waals surface area contributed by atoms with Crippen LogP contribution in [0.15, 0.2) is 97.2 Å². The van der Waals surface area contributed by atoms with E-state index in [0.717, 1.165) is 128 Å². The zero-order valence-corrected chi connectivity index (χ0v) is 44.3. The standard InChI is InChI=1S/C62H104O6/c1-4-7-10-13-16-19-22-25-27-29-31-33-34-37-40-43-46-49-52-55-61(64)67-58-59(57-66-60(63)54-51-48-45-42-39-36-24-21-18-15-12-9-6-3)68-62(65)56-53-50-47-44-41-38-35-32-30-28-26-23-20-17-14-11-8-5-2/h7,10,12,15-16,19,21,24-25,27-28,30-31,33,37,40,59H,4-6,8-9,11,13-14,17-18,20,22-23,26,29,32,34-36,38-39,41-58H2,1-3H3/b10-7-,15-12-,19-16-,24-21-,27-25-,30-28-,33-31-,40-37-. The minimum atomic E-state index is -0.800. The van der Waals surface area contributed by atoms with Gasteiger partial charge in [-0.15, -0.1) is 0 Å². The fourth-order valence-corrected chi connectivity index (χ4v) is 7.56. The largest absolute Gasteiger partial charge is 0.462 e. The monoisotopic (exact) mass is 945 g/mol. The van der Waals surface area contributed by atoms with Crippen LogP contribution in [0.4, 0.5) is 0 Å². The Bertz CT molecular complexity index is 1360. The Kier molecular flexibility index (Phi) is 52.9. The molecule has 6 nitrogen and oxygen atoms in total. The van der Waals surface area contributed by atoms with Crippen molar-refractivity contribution in [2.45, 2.75) is 264 Å². The number of hydrogen-bond donors (Lipinski definition) is 0. The Hall–Kier alpha value is -3.67. The van der Waals surface area contributed by atoms with Gasteiger partial charge in [-0.3, -0.25) is 14.4 Å². The van der Waals surface area contributed by atoms with Crippen LogP contribution in [0, 0.1) is 0 Å². The lowest BCUT2D eigenvalue weighted by atomic mass is 10.1. The summed E-state index contributed by atoms with van der Waals surface area (Å²) in [5, 5.41) is 0. The highest BCUT2D eigenvalue weighted by Gasteiger charge is 2.19. The summed E-state index contributed by atoms with van der Waals surface area (Å²) in [6.07, 6.45) is 73.9. The van der Waals surface area contributed by atoms with Crippen molar-refractivity contribution in [3.05, 3.63) is 97.2 Å². The lowest BCUT2D eigenvalue weighted by molar-refractivity contribution is -0.167. The van der Waals surface area contributed by atoms with Crippen molar-refractivity contribution in [2.24, 2.45) is 0 Å². The third kappa shape index (κ3) is 53.3. The molecule has 6 heteroatoms. The van der Waals surface area contributed by atoms with Crippen molar-refractivity contribution in [1.82, 2.24) is 0 Å². The molecule has 0 aromatic rings. The number of rotatable bonds is 50. The first-order valence-electron chi connectivity index (χ1n) is 28.2. The van der Waals surface area contributed by atoms with Gasteiger partial charge in [0, 0.05) is 19.3 Å². The Balaban J connectivity index is 4.46. The van der Waals surface area contributed by atoms with Crippen molar-refractivity contribution in [3.63, 3.8) is 0 Å². The van der Waals surface area contributed by atoms with Crippen LogP contribution in [0.2, 0.25) is 0 Å². The topological polar surface area (TPSA) is 78.9 Å². The molecule has 0 radical (unpaired) electrons. The SMILES string of the molecule is CC/C=C\C/C=C\C/C=C\C/C=C\C/C=C\CCCCCC(=O)OCC(COC(=O)CCCCCCC/C=C\C/C=C\CCC)OC(=O)CCCCCCCCC/C=C\CCCCCCCCC. The lowest BCUT2D eigenvalue weighted by Gasteiger charge is -2.18. The second-order valence-electron chi connectivity index (χ2n) is 18.5. The van der Waals surface area contributed by atoms with Crippen LogP contribution < -0.4 is 0 Å². The molecule has 1 unspecified atom stereocenters. The summed E-state index contributed by atoms with van der Waals surface area (Å²) in [5.41, 5.74) is 0. The van der Waals surface area contributed by atoms with Crippen LogP contribution in [0.25, 0.3) is 0 Å². The van der Waals surface area contributed by atoms with Gasteiger partial charge < -0.3 is 14.2 Å². The van der Waals surface area contributed by atoms with Gasteiger partial charge in [-0.2, -0.15) is 0 Å². The maximum absolute atomic E-state index is 12.9. The number of unbranched alkanes of at least 4 members (excludes halogenated alkanes) is 23. The summed E-state index contributed by atoms with van der Waals surface area (Å²) in [7, 11) is 0. The van der Waals surface area contributed by atoms with E-state index in [4.69, 9.17) is 14.2 Å². The van der Waals surface area contributed by atoms with Crippen molar-refractivity contribution in [3.8, 4) is 0 Å². The van der Waals surface area contributed by atoms with E-state index in [1.54, 1.807) is 0 Å². The zero-order valence-electron chi connectivity index (χ0n) is 44.3. The molecule has 0 saturated carbocycles. The maximum Gasteiger partial charge on any atom is 0.306 e. The summed E-state index contributed by atoms with van der Waals surface area (Å²) >= 11 is 0. The maximum atomic E-state index is 12.9. The summed E-state index contributed by atoms with van der Waals surface area (Å²) < 4.78 is 16.8. The van der Waals surface area contributed by atoms with Gasteiger partial charge >= 0.3 is 17.9 Å². The minimum Gasteiger partial charge on any atom is -0.462 e. The summed E-state index contributed by atoms with van der Waals surface area (Å²) in [4.78, 5) is 38.1. The summed E-state index contributed by atoms with van der Waals surface area (Å²) in [6, 6.07) is 0. The molecule has 0 N–H and O–H groups in total. The van der Waals surface area contributed by atoms with E-state index < -0.39 is 6.10 Å². The molecule has 0 aliphatic heterocycles. The zero-order chi connectivity index (χ0) is 49.3. The first-order valence-corrected chi connectivity index (χ1v) is 28.2. The molecule has 0 aromatic heterocycles. The van der Waals surface area contributed by atoms with E-state index in [-0.39, 0.29) is 31.1 Å². The molecule has 0 bridgehead atoms. The first kappa shape index (κ1) is 64.3. The Labute approximate surface area is 419 Å². The van der Waals surface area contributed by atoms with E-state index in [9.17, 15) is 14.4 Å². The first-order chi connectivity index (χ1) is 33.5. The second kappa shape index (κ2) is 55.9. The number of hydrogen-bond acceptors (Lipinski definition) is 6. The molecule has 1 atom stereocenters. The number of ether oxygens (including phenoxy) is 3. The molecular weight excluding hydrogens is 841 g/mol. The molecule has 0 heterocycles. The highest BCUT2D eigenvalue weighted by molar-refractivity contribution is 5.71. The summed E-state index contributed by atoms with van der Waals surface area (Å²) in [5.74, 6) is -0.947.